The van der Waals surface area contributed by atoms with Crippen molar-refractivity contribution in [2.45, 2.75) is 13.0 Å². The first-order valence-corrected chi connectivity index (χ1v) is 9.76. The number of benzene rings is 2. The van der Waals surface area contributed by atoms with Crippen LogP contribution in [-0.4, -0.2) is 55.7 Å². The third-order valence-corrected chi connectivity index (χ3v) is 5.00. The van der Waals surface area contributed by atoms with Crippen molar-refractivity contribution in [1.82, 2.24) is 4.90 Å². The molecule has 1 amide bonds. The number of methoxy groups -OCH3 is 2. The Labute approximate surface area is 179 Å². The summed E-state index contributed by atoms with van der Waals surface area (Å²) in [5.41, 5.74) is 0.701. The molecule has 3 rings (SSSR count). The molecule has 0 radical (unpaired) electrons. The number of Topliss-reactive ketones (excluding diaryl/α,β-unsaturated/α-hetero) is 1. The minimum atomic E-state index is -0.871. The third-order valence-electron chi connectivity index (χ3n) is 5.00. The Bertz CT molecular complexity index is 1000. The van der Waals surface area contributed by atoms with Crippen molar-refractivity contribution in [2.75, 3.05) is 34.0 Å². The second-order valence-corrected chi connectivity index (χ2v) is 6.84. The van der Waals surface area contributed by atoms with Crippen LogP contribution in [0.25, 0.3) is 5.76 Å². The van der Waals surface area contributed by atoms with E-state index in [1.807, 2.05) is 6.92 Å². The summed E-state index contributed by atoms with van der Waals surface area (Å²) >= 11 is 0. The van der Waals surface area contributed by atoms with Crippen molar-refractivity contribution in [3.63, 3.8) is 0 Å². The van der Waals surface area contributed by atoms with Crippen LogP contribution in [0.1, 0.15) is 24.1 Å². The zero-order chi connectivity index (χ0) is 22.5. The number of nitrogens with zero attached hydrogens (tertiary/aromatic N) is 1. The number of hydrogen-bond acceptors (Lipinski definition) is 6. The predicted molar refractivity (Wildman–Crippen MR) is 111 cm³/mol. The minimum Gasteiger partial charge on any atom is -0.507 e. The summed E-state index contributed by atoms with van der Waals surface area (Å²) in [5.74, 6) is -1.49. The molecule has 164 valence electrons. The minimum absolute atomic E-state index is 0.0843. The standard InChI is InChI=1S/C23H24FNO6/c1-4-31-17-10-7-15(13-18(17)30-3)20-19(21(26)14-5-8-16(24)9-6-14)22(27)23(28)25(20)11-12-29-2/h5-10,13,20,26H,4,11-12H2,1-3H3/b21-19-. The highest BCUT2D eigenvalue weighted by atomic mass is 19.1. The average molecular weight is 429 g/mol. The van der Waals surface area contributed by atoms with Crippen LogP contribution >= 0.6 is 0 Å². The van der Waals surface area contributed by atoms with E-state index in [2.05, 4.69) is 0 Å². The first-order valence-electron chi connectivity index (χ1n) is 9.76. The Morgan fingerprint density at radius 1 is 1.10 bits per heavy atom. The number of ether oxygens (including phenoxy) is 3. The first-order chi connectivity index (χ1) is 14.9. The van der Waals surface area contributed by atoms with Gasteiger partial charge in [-0.05, 0) is 48.9 Å². The largest absolute Gasteiger partial charge is 0.507 e. The number of halogens is 1. The van der Waals surface area contributed by atoms with Gasteiger partial charge in [-0.25, -0.2) is 4.39 Å². The highest BCUT2D eigenvalue weighted by Crippen LogP contribution is 2.41. The van der Waals surface area contributed by atoms with Gasteiger partial charge in [0.15, 0.2) is 11.5 Å². The molecule has 1 heterocycles. The number of ketones is 1. The molecular weight excluding hydrogens is 405 g/mol. The van der Waals surface area contributed by atoms with Crippen LogP contribution in [0.5, 0.6) is 11.5 Å². The topological polar surface area (TPSA) is 85.3 Å². The summed E-state index contributed by atoms with van der Waals surface area (Å²) in [6.07, 6.45) is 0. The van der Waals surface area contributed by atoms with Crippen LogP contribution in [-0.2, 0) is 14.3 Å². The molecule has 7 nitrogen and oxygen atoms in total. The number of aliphatic hydroxyl groups excluding tert-OH is 1. The SMILES string of the molecule is CCOc1ccc(C2/C(=C(/O)c3ccc(F)cc3)C(=O)C(=O)N2CCOC)cc1OC. The van der Waals surface area contributed by atoms with Crippen LogP contribution < -0.4 is 9.47 Å². The summed E-state index contributed by atoms with van der Waals surface area (Å²) in [4.78, 5) is 27.0. The maximum Gasteiger partial charge on any atom is 0.295 e. The van der Waals surface area contributed by atoms with Crippen molar-refractivity contribution in [3.8, 4) is 11.5 Å². The molecule has 1 atom stereocenters. The monoisotopic (exact) mass is 429 g/mol. The number of aliphatic hydroxyl groups is 1. The molecule has 8 heteroatoms. The van der Waals surface area contributed by atoms with Gasteiger partial charge in [0.1, 0.15) is 11.6 Å². The summed E-state index contributed by atoms with van der Waals surface area (Å²) in [6.45, 7) is 2.62. The van der Waals surface area contributed by atoms with E-state index in [9.17, 15) is 19.1 Å². The highest BCUT2D eigenvalue weighted by molar-refractivity contribution is 6.46. The molecule has 0 aromatic heterocycles. The number of carbonyl (C=O) groups excluding carboxylic acids is 2. The van der Waals surface area contributed by atoms with Crippen molar-refractivity contribution < 1.29 is 33.3 Å². The third kappa shape index (κ3) is 4.39. The molecule has 1 unspecified atom stereocenters. The number of rotatable bonds is 8. The summed E-state index contributed by atoms with van der Waals surface area (Å²) in [7, 11) is 2.98. The smallest absolute Gasteiger partial charge is 0.295 e. The lowest BCUT2D eigenvalue weighted by molar-refractivity contribution is -0.140. The van der Waals surface area contributed by atoms with Crippen molar-refractivity contribution in [1.29, 1.82) is 0 Å². The summed E-state index contributed by atoms with van der Waals surface area (Å²) in [5, 5.41) is 10.9. The van der Waals surface area contributed by atoms with Crippen LogP contribution in [0.4, 0.5) is 4.39 Å². The van der Waals surface area contributed by atoms with Gasteiger partial charge in [0, 0.05) is 19.2 Å². The Morgan fingerprint density at radius 2 is 1.81 bits per heavy atom. The van der Waals surface area contributed by atoms with Gasteiger partial charge in [0.2, 0.25) is 0 Å². The van der Waals surface area contributed by atoms with Gasteiger partial charge in [-0.1, -0.05) is 6.07 Å². The van der Waals surface area contributed by atoms with Crippen LogP contribution in [0.2, 0.25) is 0 Å². The van der Waals surface area contributed by atoms with Gasteiger partial charge in [0.25, 0.3) is 11.7 Å². The molecular formula is C23H24FNO6. The fourth-order valence-corrected chi connectivity index (χ4v) is 3.54. The summed E-state index contributed by atoms with van der Waals surface area (Å²) in [6, 6.07) is 9.24. The van der Waals surface area contributed by atoms with E-state index in [1.54, 1.807) is 18.2 Å². The average Bonchev–Trinajstić information content (AvgIpc) is 3.03. The van der Waals surface area contributed by atoms with Crippen molar-refractivity contribution in [2.24, 2.45) is 0 Å². The van der Waals surface area contributed by atoms with Crippen LogP contribution in [0.3, 0.4) is 0 Å². The molecule has 0 bridgehead atoms. The maximum absolute atomic E-state index is 13.3. The van der Waals surface area contributed by atoms with E-state index < -0.39 is 23.5 Å². The van der Waals surface area contributed by atoms with Gasteiger partial charge in [-0.3, -0.25) is 9.59 Å². The molecule has 1 N–H and O–H groups in total. The van der Waals surface area contributed by atoms with E-state index in [-0.39, 0.29) is 30.0 Å². The molecule has 1 aliphatic rings. The van der Waals surface area contributed by atoms with E-state index in [0.29, 0.717) is 23.7 Å². The zero-order valence-corrected chi connectivity index (χ0v) is 17.6. The second-order valence-electron chi connectivity index (χ2n) is 6.84. The molecule has 2 aromatic carbocycles. The fourth-order valence-electron chi connectivity index (χ4n) is 3.54. The van der Waals surface area contributed by atoms with E-state index >= 15 is 0 Å². The molecule has 31 heavy (non-hydrogen) atoms. The molecule has 0 aliphatic carbocycles. The van der Waals surface area contributed by atoms with Crippen LogP contribution in [0, 0.1) is 5.82 Å². The normalized spacial score (nSPS) is 17.8. The predicted octanol–water partition coefficient (Wildman–Crippen LogP) is 3.30. The Hall–Kier alpha value is -3.39. The number of carbonyl (C=O) groups is 2. The van der Waals surface area contributed by atoms with Gasteiger partial charge >= 0.3 is 0 Å². The molecule has 1 fully saturated rings. The Balaban J connectivity index is 2.17. The Morgan fingerprint density at radius 3 is 2.42 bits per heavy atom. The van der Waals surface area contributed by atoms with Gasteiger partial charge in [0.05, 0.1) is 31.9 Å². The molecule has 2 aromatic rings. The van der Waals surface area contributed by atoms with Gasteiger partial charge in [-0.2, -0.15) is 0 Å². The summed E-state index contributed by atoms with van der Waals surface area (Å²) < 4.78 is 29.4. The maximum atomic E-state index is 13.3. The molecule has 0 spiro atoms. The number of amides is 1. The van der Waals surface area contributed by atoms with E-state index in [0.717, 1.165) is 0 Å². The number of hydrogen-bond donors (Lipinski definition) is 1. The lowest BCUT2D eigenvalue weighted by atomic mass is 9.95. The first kappa shape index (κ1) is 22.3. The highest BCUT2D eigenvalue weighted by Gasteiger charge is 2.46. The number of likely N-dealkylation sites (tertiary alicyclic amines) is 1. The van der Waals surface area contributed by atoms with E-state index in [4.69, 9.17) is 14.2 Å². The van der Waals surface area contributed by atoms with Crippen molar-refractivity contribution in [3.05, 3.63) is 65.0 Å². The van der Waals surface area contributed by atoms with Gasteiger partial charge in [-0.15, -0.1) is 0 Å². The molecule has 1 aliphatic heterocycles. The molecule has 0 saturated carbocycles. The van der Waals surface area contributed by atoms with Crippen molar-refractivity contribution >= 4 is 17.4 Å². The Kier molecular flexibility index (Phi) is 6.91. The lowest BCUT2D eigenvalue weighted by Gasteiger charge is -2.25. The second kappa shape index (κ2) is 9.61. The zero-order valence-electron chi connectivity index (χ0n) is 17.6. The quantitative estimate of drug-likeness (QED) is 0.394. The van der Waals surface area contributed by atoms with E-state index in [1.165, 1.54) is 43.4 Å². The lowest BCUT2D eigenvalue weighted by Crippen LogP contribution is -2.32. The van der Waals surface area contributed by atoms with Crippen LogP contribution in [0.15, 0.2) is 48.0 Å². The molecule has 1 saturated heterocycles. The fraction of sp³-hybridized carbons (Fsp3) is 0.304. The van der Waals surface area contributed by atoms with Gasteiger partial charge < -0.3 is 24.2 Å².